The van der Waals surface area contributed by atoms with E-state index in [1.807, 2.05) is 0 Å². The second-order valence-corrected chi connectivity index (χ2v) is 9.06. The lowest BCUT2D eigenvalue weighted by Crippen LogP contribution is -2.34. The molecule has 2 aromatic heterocycles. The molecule has 0 radical (unpaired) electrons. The topological polar surface area (TPSA) is 137 Å². The fraction of sp³-hybridized carbons (Fsp3) is 0.235. The number of carboxylic acid groups (broad SMARTS) is 1. The molecule has 0 saturated heterocycles. The third-order valence-corrected chi connectivity index (χ3v) is 7.35. The lowest BCUT2D eigenvalue weighted by Gasteiger charge is -2.25. The van der Waals surface area contributed by atoms with Crippen molar-refractivity contribution in [2.75, 3.05) is 19.6 Å². The molecular weight excluding hydrogens is 406 g/mol. The molecule has 1 amide bonds. The number of carbonyl (C=O) groups excluding carboxylic acids is 1. The molecule has 3 heterocycles. The minimum atomic E-state index is -3.52. The molecule has 0 aliphatic carbocycles. The predicted molar refractivity (Wildman–Crippen MR) is 102 cm³/mol. The molecule has 28 heavy (non-hydrogen) atoms. The van der Waals surface area contributed by atoms with Gasteiger partial charge in [0.1, 0.15) is 16.5 Å². The number of rotatable bonds is 6. The van der Waals surface area contributed by atoms with Gasteiger partial charge in [-0.05, 0) is 35.1 Å². The average Bonchev–Trinajstić information content (AvgIpc) is 3.22. The molecule has 0 spiro atoms. The fourth-order valence-electron chi connectivity index (χ4n) is 2.71. The first-order valence-electron chi connectivity index (χ1n) is 8.21. The molecule has 1 aliphatic rings. The van der Waals surface area contributed by atoms with Gasteiger partial charge >= 0.3 is 5.97 Å². The van der Waals surface area contributed by atoms with E-state index in [1.54, 1.807) is 23.6 Å². The summed E-state index contributed by atoms with van der Waals surface area (Å²) in [4.78, 5) is 26.3. The van der Waals surface area contributed by atoms with E-state index < -0.39 is 28.4 Å². The van der Waals surface area contributed by atoms with E-state index in [9.17, 15) is 23.1 Å². The molecule has 0 fully saturated rings. The molecule has 0 bridgehead atoms. The summed E-state index contributed by atoms with van der Waals surface area (Å²) in [7, 11) is -3.52. The second-order valence-electron chi connectivity index (χ2n) is 5.94. The van der Waals surface area contributed by atoms with Crippen molar-refractivity contribution in [1.29, 1.82) is 0 Å². The van der Waals surface area contributed by atoms with E-state index in [4.69, 9.17) is 5.11 Å². The molecule has 148 valence electrons. The summed E-state index contributed by atoms with van der Waals surface area (Å²) >= 11 is 1.16. The molecule has 2 aromatic rings. The number of nitrogens with one attached hydrogen (secondary N) is 1. The highest BCUT2D eigenvalue weighted by atomic mass is 32.2. The number of aliphatic carboxylic acids is 1. The molecule has 0 saturated carbocycles. The standard InChI is InChI=1S/C17H17N3O6S2/c21-13-8-12(9-18-16(13)17(24)19-10-14(22)23)11-3-5-20(6-4-11)28(25,26)15-2-1-7-27-15/h1-3,7-9,21H,4-6,10H2,(H,19,24)(H,22,23). The van der Waals surface area contributed by atoms with Gasteiger partial charge in [0.15, 0.2) is 5.69 Å². The smallest absolute Gasteiger partial charge is 0.322 e. The largest absolute Gasteiger partial charge is 0.505 e. The molecule has 11 heteroatoms. The second kappa shape index (κ2) is 8.09. The lowest BCUT2D eigenvalue weighted by molar-refractivity contribution is -0.135. The third kappa shape index (κ3) is 4.21. The normalized spacial score (nSPS) is 15.1. The number of hydrogen-bond donors (Lipinski definition) is 3. The van der Waals surface area contributed by atoms with Crippen molar-refractivity contribution in [3.05, 3.63) is 47.1 Å². The molecule has 0 aromatic carbocycles. The van der Waals surface area contributed by atoms with Gasteiger partial charge in [-0.15, -0.1) is 11.3 Å². The number of carbonyl (C=O) groups is 2. The van der Waals surface area contributed by atoms with Crippen LogP contribution in [0.3, 0.4) is 0 Å². The average molecular weight is 423 g/mol. The number of aromatic hydroxyl groups is 1. The Bertz CT molecular complexity index is 1030. The Hall–Kier alpha value is -2.76. The summed E-state index contributed by atoms with van der Waals surface area (Å²) in [6, 6.07) is 4.61. The van der Waals surface area contributed by atoms with Crippen LogP contribution in [0.2, 0.25) is 0 Å². The Labute approximate surface area is 165 Å². The summed E-state index contributed by atoms with van der Waals surface area (Å²) in [5.74, 6) is -2.38. The van der Waals surface area contributed by atoms with E-state index in [1.165, 1.54) is 16.6 Å². The van der Waals surface area contributed by atoms with Gasteiger partial charge in [-0.3, -0.25) is 9.59 Å². The van der Waals surface area contributed by atoms with E-state index >= 15 is 0 Å². The Morgan fingerprint density at radius 1 is 1.36 bits per heavy atom. The molecule has 3 N–H and O–H groups in total. The Morgan fingerprint density at radius 2 is 2.14 bits per heavy atom. The Morgan fingerprint density at radius 3 is 2.71 bits per heavy atom. The first kappa shape index (κ1) is 20.0. The summed E-state index contributed by atoms with van der Waals surface area (Å²) in [6.07, 6.45) is 3.57. The summed E-state index contributed by atoms with van der Waals surface area (Å²) in [5.41, 5.74) is 1.10. The highest BCUT2D eigenvalue weighted by molar-refractivity contribution is 7.91. The quantitative estimate of drug-likeness (QED) is 0.634. The van der Waals surface area contributed by atoms with Crippen LogP contribution in [0.1, 0.15) is 22.5 Å². The number of nitrogens with zero attached hydrogens (tertiary/aromatic N) is 2. The molecular formula is C17H17N3O6S2. The Balaban J connectivity index is 1.73. The molecule has 3 rings (SSSR count). The maximum atomic E-state index is 12.5. The van der Waals surface area contributed by atoms with Crippen LogP contribution in [0.15, 0.2) is 40.1 Å². The van der Waals surface area contributed by atoms with E-state index in [0.29, 0.717) is 16.2 Å². The molecule has 0 unspecified atom stereocenters. The number of hydrogen-bond acceptors (Lipinski definition) is 7. The zero-order valence-electron chi connectivity index (χ0n) is 14.5. The van der Waals surface area contributed by atoms with Gasteiger partial charge in [-0.2, -0.15) is 4.31 Å². The van der Waals surface area contributed by atoms with E-state index in [-0.39, 0.29) is 24.5 Å². The summed E-state index contributed by atoms with van der Waals surface area (Å²) in [6.45, 7) is -0.105. The van der Waals surface area contributed by atoms with Crippen molar-refractivity contribution in [3.63, 3.8) is 0 Å². The first-order valence-corrected chi connectivity index (χ1v) is 10.5. The third-order valence-electron chi connectivity index (χ3n) is 4.11. The van der Waals surface area contributed by atoms with Crippen molar-refractivity contribution in [3.8, 4) is 5.75 Å². The zero-order valence-corrected chi connectivity index (χ0v) is 16.2. The van der Waals surface area contributed by atoms with Crippen LogP contribution in [0.5, 0.6) is 5.75 Å². The van der Waals surface area contributed by atoms with E-state index in [2.05, 4.69) is 10.3 Å². The van der Waals surface area contributed by atoms with Crippen LogP contribution in [0.4, 0.5) is 0 Å². The fourth-order valence-corrected chi connectivity index (χ4v) is 5.24. The molecule has 0 atom stereocenters. The first-order chi connectivity index (χ1) is 13.3. The van der Waals surface area contributed by atoms with Crippen LogP contribution < -0.4 is 5.32 Å². The minimum absolute atomic E-state index is 0.192. The summed E-state index contributed by atoms with van der Waals surface area (Å²) in [5, 5.41) is 22.5. The van der Waals surface area contributed by atoms with Crippen molar-refractivity contribution in [2.45, 2.75) is 10.6 Å². The monoisotopic (exact) mass is 423 g/mol. The van der Waals surface area contributed by atoms with Gasteiger partial charge in [0.25, 0.3) is 15.9 Å². The highest BCUT2D eigenvalue weighted by Gasteiger charge is 2.27. The van der Waals surface area contributed by atoms with Crippen LogP contribution in [0.25, 0.3) is 5.57 Å². The molecule has 1 aliphatic heterocycles. The SMILES string of the molecule is O=C(O)CNC(=O)c1ncc(C2=CCN(S(=O)(=O)c3cccs3)CC2)cc1O. The number of sulfonamides is 1. The van der Waals surface area contributed by atoms with Gasteiger partial charge in [0, 0.05) is 19.3 Å². The predicted octanol–water partition coefficient (Wildman–Crippen LogP) is 1.14. The van der Waals surface area contributed by atoms with E-state index in [0.717, 1.165) is 16.9 Å². The number of aromatic nitrogens is 1. The molecule has 9 nitrogen and oxygen atoms in total. The van der Waals surface area contributed by atoms with Crippen molar-refractivity contribution in [1.82, 2.24) is 14.6 Å². The maximum Gasteiger partial charge on any atom is 0.322 e. The van der Waals surface area contributed by atoms with Gasteiger partial charge in [-0.25, -0.2) is 13.4 Å². The highest BCUT2D eigenvalue weighted by Crippen LogP contribution is 2.29. The van der Waals surface area contributed by atoms with Crippen LogP contribution in [-0.4, -0.2) is 59.4 Å². The van der Waals surface area contributed by atoms with Crippen LogP contribution in [-0.2, 0) is 14.8 Å². The number of amides is 1. The van der Waals surface area contributed by atoms with Crippen LogP contribution >= 0.6 is 11.3 Å². The number of pyridine rings is 1. The van der Waals surface area contributed by atoms with Crippen molar-refractivity contribution < 1.29 is 28.2 Å². The van der Waals surface area contributed by atoms with Crippen molar-refractivity contribution >= 4 is 38.8 Å². The van der Waals surface area contributed by atoms with Gasteiger partial charge in [0.05, 0.1) is 0 Å². The van der Waals surface area contributed by atoms with Crippen molar-refractivity contribution in [2.24, 2.45) is 0 Å². The number of carboxylic acids is 1. The minimum Gasteiger partial charge on any atom is -0.505 e. The lowest BCUT2D eigenvalue weighted by atomic mass is 10.0. The van der Waals surface area contributed by atoms with Crippen LogP contribution in [0, 0.1) is 0 Å². The zero-order chi connectivity index (χ0) is 20.3. The van der Waals surface area contributed by atoms with Gasteiger partial charge in [-0.1, -0.05) is 12.1 Å². The Kier molecular flexibility index (Phi) is 5.77. The number of thiophene rings is 1. The van der Waals surface area contributed by atoms with Gasteiger partial charge in [0.2, 0.25) is 0 Å². The van der Waals surface area contributed by atoms with Gasteiger partial charge < -0.3 is 15.5 Å². The summed E-state index contributed by atoms with van der Waals surface area (Å²) < 4.78 is 26.8. The maximum absolute atomic E-state index is 12.5.